The molecule has 0 saturated carbocycles. The maximum Gasteiger partial charge on any atom is 0.330 e. The molecular weight excluding hydrogens is 380 g/mol. The molecule has 2 aromatic carbocycles. The van der Waals surface area contributed by atoms with Gasteiger partial charge in [0.15, 0.2) is 0 Å². The number of hydrogen-bond donors (Lipinski definition) is 1. The molecule has 0 radical (unpaired) electrons. The summed E-state index contributed by atoms with van der Waals surface area (Å²) in [5.74, 6) is -0.349. The van der Waals surface area contributed by atoms with Crippen molar-refractivity contribution in [2.45, 2.75) is 46.0 Å². The van der Waals surface area contributed by atoms with Gasteiger partial charge in [0.1, 0.15) is 0 Å². The highest BCUT2D eigenvalue weighted by molar-refractivity contribution is 5.85. The average Bonchev–Trinajstić information content (AvgIpc) is 2.82. The summed E-state index contributed by atoms with van der Waals surface area (Å²) < 4.78 is 0. The first-order valence-corrected chi connectivity index (χ1v) is 10.9. The van der Waals surface area contributed by atoms with E-state index in [9.17, 15) is 4.79 Å². The van der Waals surface area contributed by atoms with Crippen LogP contribution in [0.4, 0.5) is 0 Å². The van der Waals surface area contributed by atoms with Gasteiger partial charge < -0.3 is 5.11 Å². The Balaban J connectivity index is 0.000000447. The highest BCUT2D eigenvalue weighted by Crippen LogP contribution is 2.20. The Morgan fingerprint density at radius 1 is 0.903 bits per heavy atom. The van der Waals surface area contributed by atoms with E-state index in [1.807, 2.05) is 72.8 Å². The average molecular weight is 419 g/mol. The Bertz CT molecular complexity index is 775. The molecule has 0 aliphatic heterocycles. The molecule has 2 heteroatoms. The molecule has 0 amide bonds. The van der Waals surface area contributed by atoms with E-state index in [0.717, 1.165) is 24.0 Å². The molecule has 0 bridgehead atoms. The van der Waals surface area contributed by atoms with Crippen LogP contribution in [0.1, 0.15) is 62.6 Å². The highest BCUT2D eigenvalue weighted by atomic mass is 16.4. The lowest BCUT2D eigenvalue weighted by Crippen LogP contribution is -2.06. The number of carboxylic acid groups (broad SMARTS) is 1. The lowest BCUT2D eigenvalue weighted by Gasteiger charge is -2.13. The highest BCUT2D eigenvalue weighted by Gasteiger charge is 2.11. The molecule has 1 N–H and O–H groups in total. The first-order valence-electron chi connectivity index (χ1n) is 10.9. The van der Waals surface area contributed by atoms with Crippen LogP contribution in [0.15, 0.2) is 86.5 Å². The number of hydrogen-bond acceptors (Lipinski definition) is 1. The maximum absolute atomic E-state index is 10.5. The number of aliphatic carboxylic acids is 1. The lowest BCUT2D eigenvalue weighted by molar-refractivity contribution is -0.132. The van der Waals surface area contributed by atoms with E-state index in [1.54, 1.807) is 0 Å². The van der Waals surface area contributed by atoms with Crippen molar-refractivity contribution >= 4 is 24.2 Å². The number of carbonyl (C=O) groups is 1. The van der Waals surface area contributed by atoms with Crippen LogP contribution in [0.3, 0.4) is 0 Å². The molecular formula is C29H38O2. The number of carboxylic acids is 1. The maximum atomic E-state index is 10.5. The first kappa shape index (κ1) is 27.9. The molecule has 1 unspecified atom stereocenters. The molecule has 1 atom stereocenters. The van der Waals surface area contributed by atoms with Gasteiger partial charge >= 0.3 is 5.97 Å². The molecule has 0 aliphatic carbocycles. The van der Waals surface area contributed by atoms with E-state index in [-0.39, 0.29) is 0 Å². The quantitative estimate of drug-likeness (QED) is 0.392. The van der Waals surface area contributed by atoms with Crippen LogP contribution in [0.5, 0.6) is 0 Å². The van der Waals surface area contributed by atoms with Crippen molar-refractivity contribution in [1.29, 1.82) is 0 Å². The van der Waals surface area contributed by atoms with E-state index in [2.05, 4.69) is 40.2 Å². The summed E-state index contributed by atoms with van der Waals surface area (Å²) in [6.45, 7) is 18.8. The Hall–Kier alpha value is -3.13. The van der Waals surface area contributed by atoms with E-state index in [1.165, 1.54) is 18.4 Å². The van der Waals surface area contributed by atoms with Crippen molar-refractivity contribution in [2.75, 3.05) is 0 Å². The minimum atomic E-state index is -0.852. The van der Waals surface area contributed by atoms with Crippen LogP contribution in [-0.2, 0) is 4.79 Å². The van der Waals surface area contributed by atoms with Gasteiger partial charge in [-0.1, -0.05) is 139 Å². The number of benzene rings is 2. The van der Waals surface area contributed by atoms with Gasteiger partial charge in [0.05, 0.1) is 0 Å². The Labute approximate surface area is 189 Å². The summed E-state index contributed by atoms with van der Waals surface area (Å²) >= 11 is 0. The topological polar surface area (TPSA) is 37.3 Å². The predicted octanol–water partition coefficient (Wildman–Crippen LogP) is 8.54. The van der Waals surface area contributed by atoms with Gasteiger partial charge in [-0.3, -0.25) is 0 Å². The zero-order chi connectivity index (χ0) is 23.5. The second-order valence-electron chi connectivity index (χ2n) is 7.18. The predicted molar refractivity (Wildman–Crippen MR) is 138 cm³/mol. The second-order valence-corrected chi connectivity index (χ2v) is 7.18. The summed E-state index contributed by atoms with van der Waals surface area (Å²) in [5, 5.41) is 8.65. The Morgan fingerprint density at radius 2 is 1.42 bits per heavy atom. The Kier molecular flexibility index (Phi) is 15.9. The fourth-order valence-electron chi connectivity index (χ4n) is 2.85. The third-order valence-electron chi connectivity index (χ3n) is 4.85. The summed E-state index contributed by atoms with van der Waals surface area (Å²) in [4.78, 5) is 10.5. The fourth-order valence-corrected chi connectivity index (χ4v) is 2.85. The summed E-state index contributed by atoms with van der Waals surface area (Å²) in [5.41, 5.74) is 3.80. The third-order valence-corrected chi connectivity index (χ3v) is 4.85. The zero-order valence-electron chi connectivity index (χ0n) is 19.2. The third kappa shape index (κ3) is 12.9. The smallest absolute Gasteiger partial charge is 0.330 e. The first-order chi connectivity index (χ1) is 14.9. The molecule has 0 spiro atoms. The molecule has 0 saturated heterocycles. The summed E-state index contributed by atoms with van der Waals surface area (Å²) in [6, 6.07) is 18.0. The van der Waals surface area contributed by atoms with E-state index < -0.39 is 5.97 Å². The fraction of sp³-hybridized carbons (Fsp3) is 0.276. The van der Waals surface area contributed by atoms with Crippen molar-refractivity contribution in [3.8, 4) is 0 Å². The van der Waals surface area contributed by atoms with Crippen molar-refractivity contribution < 1.29 is 9.90 Å². The summed E-state index contributed by atoms with van der Waals surface area (Å²) in [7, 11) is 0. The zero-order valence-corrected chi connectivity index (χ0v) is 19.2. The SMILES string of the molecule is C=C(CC(CC)CCCC)C(=O)O.C=Cc1ccccc1.C=Cc1ccccc1C=C. The van der Waals surface area contributed by atoms with Gasteiger partial charge in [-0.2, -0.15) is 0 Å². The van der Waals surface area contributed by atoms with E-state index >= 15 is 0 Å². The van der Waals surface area contributed by atoms with Crippen LogP contribution >= 0.6 is 0 Å². The molecule has 2 rings (SSSR count). The van der Waals surface area contributed by atoms with Crippen LogP contribution in [0.2, 0.25) is 0 Å². The molecule has 2 aromatic rings. The van der Waals surface area contributed by atoms with Crippen LogP contribution < -0.4 is 0 Å². The van der Waals surface area contributed by atoms with Gasteiger partial charge in [0.2, 0.25) is 0 Å². The van der Waals surface area contributed by atoms with Crippen molar-refractivity contribution in [2.24, 2.45) is 5.92 Å². The molecule has 31 heavy (non-hydrogen) atoms. The molecule has 2 nitrogen and oxygen atoms in total. The van der Waals surface area contributed by atoms with Gasteiger partial charge in [-0.05, 0) is 29.0 Å². The normalized spacial score (nSPS) is 10.3. The van der Waals surface area contributed by atoms with Crippen molar-refractivity contribution in [1.82, 2.24) is 0 Å². The Morgan fingerprint density at radius 3 is 1.77 bits per heavy atom. The van der Waals surface area contributed by atoms with E-state index in [0.29, 0.717) is 17.9 Å². The number of rotatable bonds is 10. The minimum Gasteiger partial charge on any atom is -0.478 e. The standard InChI is InChI=1S/C11H20O2.C10H10.C8H8/c1-4-6-7-10(5-2)8-9(3)11(12)13;1-3-9-7-5-6-8-10(9)4-2;1-2-8-6-4-3-5-7-8/h10H,3-8H2,1-2H3,(H,12,13);3-8H,1-2H2;2-7H,1H2. The van der Waals surface area contributed by atoms with Crippen molar-refractivity contribution in [3.63, 3.8) is 0 Å². The molecule has 0 aromatic heterocycles. The van der Waals surface area contributed by atoms with Gasteiger partial charge in [0, 0.05) is 5.57 Å². The van der Waals surface area contributed by atoms with Crippen LogP contribution in [-0.4, -0.2) is 11.1 Å². The van der Waals surface area contributed by atoms with Gasteiger partial charge in [0.25, 0.3) is 0 Å². The monoisotopic (exact) mass is 418 g/mol. The van der Waals surface area contributed by atoms with Crippen LogP contribution in [0.25, 0.3) is 18.2 Å². The minimum absolute atomic E-state index is 0.350. The van der Waals surface area contributed by atoms with E-state index in [4.69, 9.17) is 5.11 Å². The largest absolute Gasteiger partial charge is 0.478 e. The van der Waals surface area contributed by atoms with Gasteiger partial charge in [-0.15, -0.1) is 0 Å². The van der Waals surface area contributed by atoms with Crippen molar-refractivity contribution in [3.05, 3.63) is 103 Å². The second kappa shape index (κ2) is 17.7. The molecule has 166 valence electrons. The summed E-state index contributed by atoms with van der Waals surface area (Å²) in [6.07, 6.45) is 10.7. The number of unbranched alkanes of at least 4 members (excludes halogenated alkanes) is 1. The molecule has 0 heterocycles. The lowest BCUT2D eigenvalue weighted by atomic mass is 9.92. The molecule has 0 fully saturated rings. The van der Waals surface area contributed by atoms with Gasteiger partial charge in [-0.25, -0.2) is 4.79 Å². The molecule has 0 aliphatic rings. The van der Waals surface area contributed by atoms with Crippen LogP contribution in [0, 0.1) is 5.92 Å².